The maximum atomic E-state index is 11.8. The van der Waals surface area contributed by atoms with Crippen LogP contribution < -0.4 is 0 Å². The van der Waals surface area contributed by atoms with Gasteiger partial charge in [-0.15, -0.1) is 0 Å². The van der Waals surface area contributed by atoms with Gasteiger partial charge in [0, 0.05) is 0 Å². The molecule has 22 heavy (non-hydrogen) atoms. The van der Waals surface area contributed by atoms with Crippen molar-refractivity contribution in [3.63, 3.8) is 0 Å². The summed E-state index contributed by atoms with van der Waals surface area (Å²) in [6.45, 7) is 2.46. The van der Waals surface area contributed by atoms with Crippen molar-refractivity contribution in [2.24, 2.45) is 11.8 Å². The standard InChI is InChI=1S/C18H30O4/c1-14(16-8-4-5-9-16)22-18(20)11-10-17(19)21-13-12-15-6-2-3-7-15/h14-16H,2-13H2,1H3. The highest BCUT2D eigenvalue weighted by molar-refractivity contribution is 5.77. The third-order valence-corrected chi connectivity index (χ3v) is 5.18. The van der Waals surface area contributed by atoms with E-state index in [-0.39, 0.29) is 30.9 Å². The zero-order chi connectivity index (χ0) is 15.8. The number of rotatable bonds is 8. The molecule has 1 unspecified atom stereocenters. The van der Waals surface area contributed by atoms with Crippen LogP contribution in [0.3, 0.4) is 0 Å². The molecule has 2 rings (SSSR count). The van der Waals surface area contributed by atoms with Crippen molar-refractivity contribution in [3.05, 3.63) is 0 Å². The third kappa shape index (κ3) is 5.98. The van der Waals surface area contributed by atoms with Gasteiger partial charge in [0.1, 0.15) is 6.10 Å². The number of carbonyl (C=O) groups is 2. The Hall–Kier alpha value is -1.06. The number of ether oxygens (including phenoxy) is 2. The molecule has 0 saturated heterocycles. The molecule has 2 aliphatic carbocycles. The van der Waals surface area contributed by atoms with Gasteiger partial charge in [-0.2, -0.15) is 0 Å². The molecule has 0 aromatic rings. The second kappa shape index (κ2) is 9.16. The number of hydrogen-bond donors (Lipinski definition) is 0. The molecule has 0 aromatic heterocycles. The summed E-state index contributed by atoms with van der Waals surface area (Å²) < 4.78 is 10.6. The van der Waals surface area contributed by atoms with Crippen molar-refractivity contribution in [3.8, 4) is 0 Å². The van der Waals surface area contributed by atoms with Crippen LogP contribution in [0.4, 0.5) is 0 Å². The van der Waals surface area contributed by atoms with Gasteiger partial charge in [-0.3, -0.25) is 9.59 Å². The van der Waals surface area contributed by atoms with Gasteiger partial charge in [0.05, 0.1) is 19.4 Å². The average molecular weight is 310 g/mol. The lowest BCUT2D eigenvalue weighted by Crippen LogP contribution is -2.22. The molecule has 0 bridgehead atoms. The normalized spacial score (nSPS) is 21.0. The minimum absolute atomic E-state index is 0.0200. The van der Waals surface area contributed by atoms with E-state index in [0.717, 1.165) is 25.2 Å². The Bertz CT molecular complexity index is 354. The van der Waals surface area contributed by atoms with Gasteiger partial charge in [0.15, 0.2) is 0 Å². The van der Waals surface area contributed by atoms with Crippen molar-refractivity contribution < 1.29 is 19.1 Å². The van der Waals surface area contributed by atoms with Gasteiger partial charge in [0.2, 0.25) is 0 Å². The van der Waals surface area contributed by atoms with Gasteiger partial charge in [-0.05, 0) is 38.0 Å². The summed E-state index contributed by atoms with van der Waals surface area (Å²) in [6.07, 6.45) is 11.1. The SMILES string of the molecule is CC(OC(=O)CCC(=O)OCCC1CCCC1)C1CCCC1. The first-order valence-corrected chi connectivity index (χ1v) is 9.00. The molecule has 1 atom stereocenters. The van der Waals surface area contributed by atoms with Crippen LogP contribution in [-0.4, -0.2) is 24.6 Å². The summed E-state index contributed by atoms with van der Waals surface area (Å²) in [4.78, 5) is 23.4. The molecule has 0 spiro atoms. The maximum absolute atomic E-state index is 11.8. The zero-order valence-electron chi connectivity index (χ0n) is 13.9. The maximum Gasteiger partial charge on any atom is 0.306 e. The minimum atomic E-state index is -0.275. The molecule has 0 radical (unpaired) electrons. The first-order valence-electron chi connectivity index (χ1n) is 9.00. The summed E-state index contributed by atoms with van der Waals surface area (Å²) >= 11 is 0. The van der Waals surface area contributed by atoms with Crippen LogP contribution >= 0.6 is 0 Å². The van der Waals surface area contributed by atoms with Crippen molar-refractivity contribution in [2.75, 3.05) is 6.61 Å². The highest BCUT2D eigenvalue weighted by Gasteiger charge is 2.24. The topological polar surface area (TPSA) is 52.6 Å². The Kier molecular flexibility index (Phi) is 7.20. The Morgan fingerprint density at radius 3 is 2.23 bits per heavy atom. The quantitative estimate of drug-likeness (QED) is 0.636. The fourth-order valence-corrected chi connectivity index (χ4v) is 3.70. The molecule has 0 heterocycles. The van der Waals surface area contributed by atoms with E-state index in [9.17, 15) is 9.59 Å². The highest BCUT2D eigenvalue weighted by atomic mass is 16.5. The van der Waals surface area contributed by atoms with Gasteiger partial charge in [-0.1, -0.05) is 38.5 Å². The lowest BCUT2D eigenvalue weighted by Gasteiger charge is -2.19. The van der Waals surface area contributed by atoms with Crippen molar-refractivity contribution in [1.29, 1.82) is 0 Å². The van der Waals surface area contributed by atoms with Crippen molar-refractivity contribution in [1.82, 2.24) is 0 Å². The van der Waals surface area contributed by atoms with Crippen LogP contribution in [0.1, 0.15) is 77.6 Å². The Morgan fingerprint density at radius 1 is 0.955 bits per heavy atom. The molecule has 2 aliphatic rings. The first-order chi connectivity index (χ1) is 10.6. The van der Waals surface area contributed by atoms with Crippen molar-refractivity contribution >= 4 is 11.9 Å². The molecular formula is C18H30O4. The smallest absolute Gasteiger partial charge is 0.306 e. The van der Waals surface area contributed by atoms with E-state index in [0.29, 0.717) is 12.5 Å². The van der Waals surface area contributed by atoms with Crippen LogP contribution in [0.25, 0.3) is 0 Å². The van der Waals surface area contributed by atoms with Gasteiger partial charge < -0.3 is 9.47 Å². The van der Waals surface area contributed by atoms with Crippen LogP contribution in [0, 0.1) is 11.8 Å². The summed E-state index contributed by atoms with van der Waals surface area (Å²) in [7, 11) is 0. The monoisotopic (exact) mass is 310 g/mol. The highest BCUT2D eigenvalue weighted by Crippen LogP contribution is 2.29. The number of carbonyl (C=O) groups excluding carboxylic acids is 2. The molecule has 2 fully saturated rings. The summed E-state index contributed by atoms with van der Waals surface area (Å²) in [5, 5.41) is 0. The van der Waals surface area contributed by atoms with E-state index in [1.807, 2.05) is 6.92 Å². The van der Waals surface area contributed by atoms with Crippen LogP contribution in [0.15, 0.2) is 0 Å². The van der Waals surface area contributed by atoms with E-state index < -0.39 is 0 Å². The fraction of sp³-hybridized carbons (Fsp3) is 0.889. The predicted molar refractivity (Wildman–Crippen MR) is 84.3 cm³/mol. The molecule has 0 aliphatic heterocycles. The molecule has 4 heteroatoms. The minimum Gasteiger partial charge on any atom is -0.466 e. The van der Waals surface area contributed by atoms with E-state index in [1.165, 1.54) is 38.5 Å². The van der Waals surface area contributed by atoms with Gasteiger partial charge in [0.25, 0.3) is 0 Å². The fourth-order valence-electron chi connectivity index (χ4n) is 3.70. The van der Waals surface area contributed by atoms with Gasteiger partial charge in [-0.25, -0.2) is 0 Å². The van der Waals surface area contributed by atoms with Crippen LogP contribution in [0.5, 0.6) is 0 Å². The average Bonchev–Trinajstić information content (AvgIpc) is 3.18. The summed E-state index contributed by atoms with van der Waals surface area (Å²) in [5.41, 5.74) is 0. The van der Waals surface area contributed by atoms with Crippen LogP contribution in [0.2, 0.25) is 0 Å². The summed E-state index contributed by atoms with van der Waals surface area (Å²) in [6, 6.07) is 0. The van der Waals surface area contributed by atoms with Gasteiger partial charge >= 0.3 is 11.9 Å². The second-order valence-corrected chi connectivity index (χ2v) is 6.90. The lowest BCUT2D eigenvalue weighted by atomic mass is 10.0. The zero-order valence-corrected chi connectivity index (χ0v) is 13.9. The molecule has 4 nitrogen and oxygen atoms in total. The Morgan fingerprint density at radius 2 is 1.55 bits per heavy atom. The Labute approximate surface area is 133 Å². The molecule has 0 aromatic carbocycles. The molecule has 0 N–H and O–H groups in total. The summed E-state index contributed by atoms with van der Waals surface area (Å²) in [5.74, 6) is 0.683. The number of hydrogen-bond acceptors (Lipinski definition) is 4. The molecule has 126 valence electrons. The van der Waals surface area contributed by atoms with Crippen LogP contribution in [-0.2, 0) is 19.1 Å². The van der Waals surface area contributed by atoms with Crippen molar-refractivity contribution in [2.45, 2.75) is 83.7 Å². The Balaban J connectivity index is 1.52. The van der Waals surface area contributed by atoms with E-state index in [1.54, 1.807) is 0 Å². The molecule has 0 amide bonds. The first kappa shape index (κ1) is 17.3. The predicted octanol–water partition coefficient (Wildman–Crippen LogP) is 4.01. The second-order valence-electron chi connectivity index (χ2n) is 6.90. The number of esters is 2. The lowest BCUT2D eigenvalue weighted by molar-refractivity contribution is -0.155. The largest absolute Gasteiger partial charge is 0.466 e. The molecular weight excluding hydrogens is 280 g/mol. The molecule has 2 saturated carbocycles. The third-order valence-electron chi connectivity index (χ3n) is 5.18. The van der Waals surface area contributed by atoms with E-state index in [4.69, 9.17) is 9.47 Å². The van der Waals surface area contributed by atoms with E-state index >= 15 is 0 Å². The van der Waals surface area contributed by atoms with E-state index in [2.05, 4.69) is 0 Å².